The molecule has 1 aromatic carbocycles. The molecule has 0 spiro atoms. The molecule has 108 valence electrons. The van der Waals surface area contributed by atoms with E-state index in [4.69, 9.17) is 9.84 Å². The van der Waals surface area contributed by atoms with E-state index in [1.807, 2.05) is 12.1 Å². The van der Waals surface area contributed by atoms with Crippen molar-refractivity contribution < 1.29 is 19.4 Å². The zero-order chi connectivity index (χ0) is 14.5. The van der Waals surface area contributed by atoms with E-state index < -0.39 is 5.97 Å². The van der Waals surface area contributed by atoms with E-state index in [1.165, 1.54) is 0 Å². The van der Waals surface area contributed by atoms with Crippen LogP contribution in [0.25, 0.3) is 0 Å². The molecule has 1 aliphatic heterocycles. The number of carbonyl (C=O) groups excluding carboxylic acids is 1. The van der Waals surface area contributed by atoms with Crippen molar-refractivity contribution in [2.75, 3.05) is 13.7 Å². The van der Waals surface area contributed by atoms with Crippen molar-refractivity contribution in [3.8, 4) is 0 Å². The van der Waals surface area contributed by atoms with Crippen LogP contribution >= 0.6 is 0 Å². The van der Waals surface area contributed by atoms with Gasteiger partial charge < -0.3 is 14.7 Å². The van der Waals surface area contributed by atoms with Crippen molar-refractivity contribution in [1.29, 1.82) is 0 Å². The molecule has 2 rings (SSSR count). The summed E-state index contributed by atoms with van der Waals surface area (Å²) in [5, 5.41) is 8.89. The molecule has 0 bridgehead atoms. The number of carbonyl (C=O) groups is 2. The van der Waals surface area contributed by atoms with Crippen molar-refractivity contribution in [3.05, 3.63) is 35.4 Å². The SMILES string of the molecule is COCc1ccc(C(=O)N2CCCC2CC(=O)O)cc1. The second-order valence-corrected chi connectivity index (χ2v) is 5.02. The Bertz CT molecular complexity index is 483. The highest BCUT2D eigenvalue weighted by Gasteiger charge is 2.30. The number of carboxylic acid groups (broad SMARTS) is 1. The van der Waals surface area contributed by atoms with Gasteiger partial charge in [0.25, 0.3) is 5.91 Å². The van der Waals surface area contributed by atoms with E-state index in [0.29, 0.717) is 18.7 Å². The van der Waals surface area contributed by atoms with Gasteiger partial charge in [0.2, 0.25) is 0 Å². The van der Waals surface area contributed by atoms with Gasteiger partial charge in [-0.3, -0.25) is 9.59 Å². The predicted molar refractivity (Wildman–Crippen MR) is 73.5 cm³/mol. The molecule has 20 heavy (non-hydrogen) atoms. The molecular weight excluding hydrogens is 258 g/mol. The molecule has 0 radical (unpaired) electrons. The molecule has 1 N–H and O–H groups in total. The standard InChI is InChI=1S/C15H19NO4/c1-20-10-11-4-6-12(7-5-11)15(19)16-8-2-3-13(16)9-14(17)18/h4-7,13H,2-3,8-10H2,1H3,(H,17,18). The summed E-state index contributed by atoms with van der Waals surface area (Å²) in [6, 6.07) is 7.08. The van der Waals surface area contributed by atoms with E-state index in [9.17, 15) is 9.59 Å². The van der Waals surface area contributed by atoms with Gasteiger partial charge in [-0.05, 0) is 30.5 Å². The number of rotatable bonds is 5. The molecule has 1 atom stereocenters. The summed E-state index contributed by atoms with van der Waals surface area (Å²) in [6.07, 6.45) is 1.65. The van der Waals surface area contributed by atoms with Gasteiger partial charge in [0, 0.05) is 25.3 Å². The van der Waals surface area contributed by atoms with Crippen molar-refractivity contribution in [2.45, 2.75) is 31.9 Å². The Morgan fingerprint density at radius 2 is 2.05 bits per heavy atom. The predicted octanol–water partition coefficient (Wildman–Crippen LogP) is 1.91. The Hall–Kier alpha value is -1.88. The number of likely N-dealkylation sites (tertiary alicyclic amines) is 1. The van der Waals surface area contributed by atoms with Gasteiger partial charge in [0.05, 0.1) is 13.0 Å². The Labute approximate surface area is 118 Å². The Kier molecular flexibility index (Phi) is 4.74. The van der Waals surface area contributed by atoms with Crippen molar-refractivity contribution in [2.24, 2.45) is 0 Å². The topological polar surface area (TPSA) is 66.8 Å². The molecule has 0 aliphatic carbocycles. The van der Waals surface area contributed by atoms with E-state index in [1.54, 1.807) is 24.1 Å². The zero-order valence-electron chi connectivity index (χ0n) is 11.5. The first-order chi connectivity index (χ1) is 9.61. The monoisotopic (exact) mass is 277 g/mol. The average molecular weight is 277 g/mol. The van der Waals surface area contributed by atoms with Crippen LogP contribution in [0.2, 0.25) is 0 Å². The summed E-state index contributed by atoms with van der Waals surface area (Å²) >= 11 is 0. The number of ether oxygens (including phenoxy) is 1. The third-order valence-electron chi connectivity index (χ3n) is 3.56. The fraction of sp³-hybridized carbons (Fsp3) is 0.467. The molecule has 0 aromatic heterocycles. The van der Waals surface area contributed by atoms with Crippen LogP contribution in [-0.2, 0) is 16.1 Å². The third kappa shape index (κ3) is 3.36. The fourth-order valence-electron chi connectivity index (χ4n) is 2.59. The highest BCUT2D eigenvalue weighted by atomic mass is 16.5. The van der Waals surface area contributed by atoms with Gasteiger partial charge in [-0.1, -0.05) is 12.1 Å². The number of benzene rings is 1. The maximum absolute atomic E-state index is 12.4. The lowest BCUT2D eigenvalue weighted by atomic mass is 10.1. The molecule has 1 saturated heterocycles. The first kappa shape index (κ1) is 14.5. The lowest BCUT2D eigenvalue weighted by Crippen LogP contribution is -2.36. The van der Waals surface area contributed by atoms with Crippen LogP contribution in [0.3, 0.4) is 0 Å². The minimum atomic E-state index is -0.856. The van der Waals surface area contributed by atoms with Gasteiger partial charge >= 0.3 is 5.97 Å². The highest BCUT2D eigenvalue weighted by molar-refractivity contribution is 5.94. The Morgan fingerprint density at radius 3 is 2.65 bits per heavy atom. The first-order valence-corrected chi connectivity index (χ1v) is 6.72. The van der Waals surface area contributed by atoms with E-state index in [-0.39, 0.29) is 18.4 Å². The molecular formula is C15H19NO4. The van der Waals surface area contributed by atoms with Crippen LogP contribution in [0.1, 0.15) is 35.2 Å². The Morgan fingerprint density at radius 1 is 1.35 bits per heavy atom. The maximum Gasteiger partial charge on any atom is 0.305 e. The number of aliphatic carboxylic acids is 1. The van der Waals surface area contributed by atoms with Gasteiger partial charge in [0.15, 0.2) is 0 Å². The lowest BCUT2D eigenvalue weighted by molar-refractivity contribution is -0.137. The fourth-order valence-corrected chi connectivity index (χ4v) is 2.59. The minimum Gasteiger partial charge on any atom is -0.481 e. The average Bonchev–Trinajstić information content (AvgIpc) is 2.86. The molecule has 1 amide bonds. The van der Waals surface area contributed by atoms with E-state index in [0.717, 1.165) is 18.4 Å². The number of hydrogen-bond donors (Lipinski definition) is 1. The normalized spacial score (nSPS) is 18.2. The van der Waals surface area contributed by atoms with E-state index >= 15 is 0 Å². The van der Waals surface area contributed by atoms with Crippen LogP contribution in [0.15, 0.2) is 24.3 Å². The number of carboxylic acids is 1. The largest absolute Gasteiger partial charge is 0.481 e. The summed E-state index contributed by atoms with van der Waals surface area (Å²) in [4.78, 5) is 24.9. The van der Waals surface area contributed by atoms with Gasteiger partial charge in [-0.2, -0.15) is 0 Å². The van der Waals surface area contributed by atoms with E-state index in [2.05, 4.69) is 0 Å². The van der Waals surface area contributed by atoms with Crippen molar-refractivity contribution in [3.63, 3.8) is 0 Å². The third-order valence-corrected chi connectivity index (χ3v) is 3.56. The van der Waals surface area contributed by atoms with Crippen LogP contribution in [-0.4, -0.2) is 41.6 Å². The van der Waals surface area contributed by atoms with Crippen LogP contribution in [0, 0.1) is 0 Å². The summed E-state index contributed by atoms with van der Waals surface area (Å²) in [7, 11) is 1.62. The number of nitrogens with zero attached hydrogens (tertiary/aromatic N) is 1. The quantitative estimate of drug-likeness (QED) is 0.892. The molecule has 1 aromatic rings. The summed E-state index contributed by atoms with van der Waals surface area (Å²) < 4.78 is 5.03. The maximum atomic E-state index is 12.4. The second-order valence-electron chi connectivity index (χ2n) is 5.02. The Balaban J connectivity index is 2.07. The van der Waals surface area contributed by atoms with Gasteiger partial charge in [0.1, 0.15) is 0 Å². The zero-order valence-corrected chi connectivity index (χ0v) is 11.5. The molecule has 5 heteroatoms. The molecule has 1 heterocycles. The summed E-state index contributed by atoms with van der Waals surface area (Å²) in [6.45, 7) is 1.15. The second kappa shape index (κ2) is 6.52. The van der Waals surface area contributed by atoms with Crippen LogP contribution < -0.4 is 0 Å². The molecule has 5 nitrogen and oxygen atoms in total. The molecule has 0 saturated carbocycles. The minimum absolute atomic E-state index is 0.0213. The highest BCUT2D eigenvalue weighted by Crippen LogP contribution is 2.22. The van der Waals surface area contributed by atoms with Crippen molar-refractivity contribution >= 4 is 11.9 Å². The summed E-state index contributed by atoms with van der Waals surface area (Å²) in [5.74, 6) is -0.942. The van der Waals surface area contributed by atoms with Gasteiger partial charge in [-0.25, -0.2) is 0 Å². The number of hydrogen-bond acceptors (Lipinski definition) is 3. The number of methoxy groups -OCH3 is 1. The van der Waals surface area contributed by atoms with Crippen LogP contribution in [0.4, 0.5) is 0 Å². The smallest absolute Gasteiger partial charge is 0.305 e. The summed E-state index contributed by atoms with van der Waals surface area (Å²) in [5.41, 5.74) is 1.61. The lowest BCUT2D eigenvalue weighted by Gasteiger charge is -2.23. The van der Waals surface area contributed by atoms with Gasteiger partial charge in [-0.15, -0.1) is 0 Å². The number of amides is 1. The van der Waals surface area contributed by atoms with Crippen LogP contribution in [0.5, 0.6) is 0 Å². The molecule has 1 fully saturated rings. The molecule has 1 aliphatic rings. The molecule has 1 unspecified atom stereocenters. The van der Waals surface area contributed by atoms with Crippen molar-refractivity contribution in [1.82, 2.24) is 4.90 Å². The first-order valence-electron chi connectivity index (χ1n) is 6.72.